The molecular formula is C9H14OS. The third-order valence-electron chi connectivity index (χ3n) is 2.99. The Kier molecular flexibility index (Phi) is 1.96. The molecule has 0 heterocycles. The number of rotatable bonds is 1. The molecule has 3 atom stereocenters. The molecule has 2 aliphatic carbocycles. The van der Waals surface area contributed by atoms with E-state index in [1.54, 1.807) is 18.7 Å². The topological polar surface area (TPSA) is 17.1 Å². The summed E-state index contributed by atoms with van der Waals surface area (Å²) in [6.45, 7) is 1.69. The Hall–Kier alpha value is 0.0200. The number of carbonyl (C=O) groups excluding carboxylic acids is 1. The monoisotopic (exact) mass is 170 g/mol. The molecule has 0 saturated heterocycles. The largest absolute Gasteiger partial charge is 0.288 e. The van der Waals surface area contributed by atoms with Gasteiger partial charge in [-0.05, 0) is 31.1 Å². The predicted octanol–water partition coefficient (Wildman–Crippen LogP) is 2.45. The third kappa shape index (κ3) is 1.46. The Morgan fingerprint density at radius 2 is 2.18 bits per heavy atom. The molecule has 1 nitrogen and oxygen atoms in total. The van der Waals surface area contributed by atoms with E-state index >= 15 is 0 Å². The maximum absolute atomic E-state index is 10.8. The second kappa shape index (κ2) is 2.81. The van der Waals surface area contributed by atoms with Crippen molar-refractivity contribution in [2.75, 3.05) is 0 Å². The molecule has 62 valence electrons. The molecule has 2 rings (SSSR count). The van der Waals surface area contributed by atoms with Crippen molar-refractivity contribution in [3.63, 3.8) is 0 Å². The summed E-state index contributed by atoms with van der Waals surface area (Å²) in [5.74, 6) is 1.85. The zero-order valence-electron chi connectivity index (χ0n) is 6.88. The highest BCUT2D eigenvalue weighted by molar-refractivity contribution is 8.14. The predicted molar refractivity (Wildman–Crippen MR) is 47.5 cm³/mol. The van der Waals surface area contributed by atoms with Crippen LogP contribution in [0.4, 0.5) is 0 Å². The van der Waals surface area contributed by atoms with E-state index in [0.29, 0.717) is 10.4 Å². The summed E-state index contributed by atoms with van der Waals surface area (Å²) in [7, 11) is 0. The number of fused-ring (bicyclic) bond motifs is 2. The highest BCUT2D eigenvalue weighted by Crippen LogP contribution is 2.49. The molecule has 11 heavy (non-hydrogen) atoms. The fourth-order valence-corrected chi connectivity index (χ4v) is 3.78. The standard InChI is InChI=1S/C9H14OS/c1-6(10)11-9-5-7-2-3-8(9)4-7/h7-9H,2-5H2,1H3/t7-,8-,9+/m0/s1. The summed E-state index contributed by atoms with van der Waals surface area (Å²) in [6, 6.07) is 0. The van der Waals surface area contributed by atoms with Crippen molar-refractivity contribution in [3.8, 4) is 0 Å². The van der Waals surface area contributed by atoms with E-state index in [9.17, 15) is 4.79 Å². The normalized spacial score (nSPS) is 41.4. The zero-order valence-corrected chi connectivity index (χ0v) is 7.69. The Labute approximate surface area is 71.9 Å². The lowest BCUT2D eigenvalue weighted by atomic mass is 10.0. The molecule has 0 unspecified atom stereocenters. The highest BCUT2D eigenvalue weighted by Gasteiger charge is 2.40. The fraction of sp³-hybridized carbons (Fsp3) is 0.889. The van der Waals surface area contributed by atoms with E-state index in [-0.39, 0.29) is 0 Å². The van der Waals surface area contributed by atoms with Crippen molar-refractivity contribution in [3.05, 3.63) is 0 Å². The van der Waals surface area contributed by atoms with Crippen molar-refractivity contribution in [2.45, 2.75) is 37.9 Å². The van der Waals surface area contributed by atoms with Crippen LogP contribution < -0.4 is 0 Å². The van der Waals surface area contributed by atoms with Crippen molar-refractivity contribution < 1.29 is 4.79 Å². The van der Waals surface area contributed by atoms with Gasteiger partial charge in [0.1, 0.15) is 0 Å². The molecule has 0 spiro atoms. The van der Waals surface area contributed by atoms with Crippen LogP contribution in [0, 0.1) is 11.8 Å². The third-order valence-corrected chi connectivity index (χ3v) is 4.20. The first-order valence-corrected chi connectivity index (χ1v) is 5.31. The van der Waals surface area contributed by atoms with Crippen LogP contribution in [-0.2, 0) is 4.79 Å². The Morgan fingerprint density at radius 3 is 2.64 bits per heavy atom. The number of carbonyl (C=O) groups is 1. The Bertz CT molecular complexity index is 178. The molecule has 0 radical (unpaired) electrons. The molecule has 0 aliphatic heterocycles. The van der Waals surface area contributed by atoms with Gasteiger partial charge in [-0.1, -0.05) is 18.2 Å². The first-order valence-electron chi connectivity index (χ1n) is 4.43. The summed E-state index contributed by atoms with van der Waals surface area (Å²) in [6.07, 6.45) is 5.54. The van der Waals surface area contributed by atoms with E-state index in [2.05, 4.69) is 0 Å². The maximum atomic E-state index is 10.8. The van der Waals surface area contributed by atoms with Crippen LogP contribution in [0.5, 0.6) is 0 Å². The minimum absolute atomic E-state index is 0.308. The molecule has 0 N–H and O–H groups in total. The van der Waals surface area contributed by atoms with Crippen LogP contribution in [0.1, 0.15) is 32.6 Å². The summed E-state index contributed by atoms with van der Waals surface area (Å²) in [4.78, 5) is 10.8. The maximum Gasteiger partial charge on any atom is 0.186 e. The lowest BCUT2D eigenvalue weighted by Crippen LogP contribution is -2.13. The van der Waals surface area contributed by atoms with Gasteiger partial charge in [0.2, 0.25) is 0 Å². The minimum Gasteiger partial charge on any atom is -0.288 e. The Morgan fingerprint density at radius 1 is 1.36 bits per heavy atom. The number of thioether (sulfide) groups is 1. The van der Waals surface area contributed by atoms with Gasteiger partial charge in [0.05, 0.1) is 0 Å². The van der Waals surface area contributed by atoms with Gasteiger partial charge in [0.25, 0.3) is 0 Å². The molecule has 2 aliphatic rings. The van der Waals surface area contributed by atoms with Crippen molar-refractivity contribution in [2.24, 2.45) is 11.8 Å². The first kappa shape index (κ1) is 7.66. The second-order valence-electron chi connectivity index (χ2n) is 3.82. The van der Waals surface area contributed by atoms with Gasteiger partial charge >= 0.3 is 0 Å². The summed E-state index contributed by atoms with van der Waals surface area (Å²) < 4.78 is 0. The smallest absolute Gasteiger partial charge is 0.186 e. The molecule has 0 aromatic carbocycles. The van der Waals surface area contributed by atoms with Crippen molar-refractivity contribution in [1.29, 1.82) is 0 Å². The van der Waals surface area contributed by atoms with Gasteiger partial charge in [-0.15, -0.1) is 0 Å². The van der Waals surface area contributed by atoms with Crippen molar-refractivity contribution in [1.82, 2.24) is 0 Å². The number of hydrogen-bond donors (Lipinski definition) is 0. The lowest BCUT2D eigenvalue weighted by molar-refractivity contribution is -0.109. The SMILES string of the molecule is CC(=O)S[C@@H]1C[C@H]2CC[C@H]1C2. The van der Waals surface area contributed by atoms with Gasteiger partial charge in [-0.3, -0.25) is 4.79 Å². The highest BCUT2D eigenvalue weighted by atomic mass is 32.2. The molecule has 0 aromatic rings. The van der Waals surface area contributed by atoms with Crippen LogP contribution in [0.15, 0.2) is 0 Å². The summed E-state index contributed by atoms with van der Waals surface area (Å²) >= 11 is 1.59. The zero-order chi connectivity index (χ0) is 7.84. The molecule has 0 aromatic heterocycles. The lowest BCUT2D eigenvalue weighted by Gasteiger charge is -2.18. The van der Waals surface area contributed by atoms with Gasteiger partial charge in [0, 0.05) is 12.2 Å². The van der Waals surface area contributed by atoms with Crippen LogP contribution in [0.3, 0.4) is 0 Å². The summed E-state index contributed by atoms with van der Waals surface area (Å²) in [5, 5.41) is 0.994. The van der Waals surface area contributed by atoms with E-state index < -0.39 is 0 Å². The number of hydrogen-bond acceptors (Lipinski definition) is 2. The van der Waals surface area contributed by atoms with E-state index in [0.717, 1.165) is 11.8 Å². The van der Waals surface area contributed by atoms with Crippen LogP contribution in [0.2, 0.25) is 0 Å². The van der Waals surface area contributed by atoms with Gasteiger partial charge in [0.15, 0.2) is 5.12 Å². The van der Waals surface area contributed by atoms with E-state index in [4.69, 9.17) is 0 Å². The van der Waals surface area contributed by atoms with Crippen LogP contribution in [-0.4, -0.2) is 10.4 Å². The Balaban J connectivity index is 1.92. The van der Waals surface area contributed by atoms with Gasteiger partial charge in [-0.2, -0.15) is 0 Å². The van der Waals surface area contributed by atoms with Gasteiger partial charge < -0.3 is 0 Å². The molecule has 2 heteroatoms. The first-order chi connectivity index (χ1) is 5.25. The molecular weight excluding hydrogens is 156 g/mol. The van der Waals surface area contributed by atoms with Gasteiger partial charge in [-0.25, -0.2) is 0 Å². The van der Waals surface area contributed by atoms with Crippen LogP contribution in [0.25, 0.3) is 0 Å². The summed E-state index contributed by atoms with van der Waals surface area (Å²) in [5.41, 5.74) is 0. The minimum atomic E-state index is 0.308. The quantitative estimate of drug-likeness (QED) is 0.601. The molecule has 2 saturated carbocycles. The molecule has 0 amide bonds. The molecule has 2 fully saturated rings. The van der Waals surface area contributed by atoms with E-state index in [1.807, 2.05) is 0 Å². The fourth-order valence-electron chi connectivity index (χ4n) is 2.54. The van der Waals surface area contributed by atoms with Crippen LogP contribution >= 0.6 is 11.8 Å². The molecule has 2 bridgehead atoms. The average molecular weight is 170 g/mol. The average Bonchev–Trinajstić information content (AvgIpc) is 2.45. The van der Waals surface area contributed by atoms with E-state index in [1.165, 1.54) is 25.7 Å². The van der Waals surface area contributed by atoms with Crippen molar-refractivity contribution >= 4 is 16.9 Å². The second-order valence-corrected chi connectivity index (χ2v) is 5.24.